The first-order valence-electron chi connectivity index (χ1n) is 9.17. The number of non-ortho nitro benzene ring substituents is 1. The highest BCUT2D eigenvalue weighted by molar-refractivity contribution is 14.1. The van der Waals surface area contributed by atoms with Gasteiger partial charge < -0.3 is 0 Å². The third kappa shape index (κ3) is 5.88. The van der Waals surface area contributed by atoms with Crippen molar-refractivity contribution in [2.24, 2.45) is 5.10 Å². The van der Waals surface area contributed by atoms with Crippen LogP contribution < -0.4 is 9.73 Å². The molecule has 0 radical (unpaired) electrons. The van der Waals surface area contributed by atoms with E-state index in [1.807, 2.05) is 0 Å². The number of halogens is 1. The summed E-state index contributed by atoms with van der Waals surface area (Å²) >= 11 is 2.10. The number of nitrogens with one attached hydrogen (secondary N) is 1. The van der Waals surface area contributed by atoms with Crippen molar-refractivity contribution in [1.29, 1.82) is 0 Å². The van der Waals surface area contributed by atoms with Gasteiger partial charge in [-0.3, -0.25) is 19.2 Å². The number of carbonyl (C=O) groups excluding carboxylic acids is 1. The summed E-state index contributed by atoms with van der Waals surface area (Å²) in [5.74, 6) is -0.676. The quantitative estimate of drug-likeness (QED) is 0.194. The summed E-state index contributed by atoms with van der Waals surface area (Å²) < 4.78 is 28.3. The third-order valence-corrected chi connectivity index (χ3v) is 6.72. The van der Waals surface area contributed by atoms with E-state index in [2.05, 4.69) is 33.1 Å². The van der Waals surface area contributed by atoms with Crippen LogP contribution in [0.4, 0.5) is 11.4 Å². The average molecular weight is 564 g/mol. The summed E-state index contributed by atoms with van der Waals surface area (Å²) in [7, 11) is -4.01. The molecule has 164 valence electrons. The number of nitrogens with zero attached hydrogens (tertiary/aromatic N) is 3. The number of benzene rings is 3. The Morgan fingerprint density at radius 1 is 1.06 bits per heavy atom. The average Bonchev–Trinajstić information content (AvgIpc) is 2.79. The fourth-order valence-corrected chi connectivity index (χ4v) is 4.51. The maximum Gasteiger partial charge on any atom is 0.270 e. The molecular formula is C21H17IN4O5S. The predicted molar refractivity (Wildman–Crippen MR) is 129 cm³/mol. The first kappa shape index (κ1) is 23.3. The van der Waals surface area contributed by atoms with Gasteiger partial charge in [0.2, 0.25) is 0 Å². The Morgan fingerprint density at radius 3 is 2.41 bits per heavy atom. The number of hydrogen-bond donors (Lipinski definition) is 1. The van der Waals surface area contributed by atoms with E-state index in [9.17, 15) is 23.3 Å². The van der Waals surface area contributed by atoms with E-state index >= 15 is 0 Å². The lowest BCUT2D eigenvalue weighted by Gasteiger charge is -2.23. The second kappa shape index (κ2) is 10.3. The number of amides is 1. The maximum absolute atomic E-state index is 13.2. The van der Waals surface area contributed by atoms with Crippen molar-refractivity contribution in [1.82, 2.24) is 5.43 Å². The van der Waals surface area contributed by atoms with Gasteiger partial charge in [0.25, 0.3) is 21.6 Å². The van der Waals surface area contributed by atoms with E-state index in [0.29, 0.717) is 11.3 Å². The molecule has 0 saturated heterocycles. The molecule has 3 aromatic rings. The predicted octanol–water partition coefficient (Wildman–Crippen LogP) is 3.55. The summed E-state index contributed by atoms with van der Waals surface area (Å²) in [4.78, 5) is 22.9. The molecule has 0 aromatic heterocycles. The number of nitro benzene ring substituents is 1. The Kier molecular flexibility index (Phi) is 7.53. The molecule has 11 heteroatoms. The molecule has 0 aliphatic heterocycles. The Bertz CT molecular complexity index is 1250. The van der Waals surface area contributed by atoms with Crippen molar-refractivity contribution in [2.45, 2.75) is 4.90 Å². The van der Waals surface area contributed by atoms with E-state index in [4.69, 9.17) is 0 Å². The van der Waals surface area contributed by atoms with Gasteiger partial charge in [0, 0.05) is 21.3 Å². The van der Waals surface area contributed by atoms with Crippen LogP contribution >= 0.6 is 22.6 Å². The van der Waals surface area contributed by atoms with E-state index in [-0.39, 0.29) is 10.6 Å². The highest BCUT2D eigenvalue weighted by atomic mass is 127. The topological polar surface area (TPSA) is 122 Å². The molecule has 0 unspecified atom stereocenters. The highest BCUT2D eigenvalue weighted by Gasteiger charge is 2.27. The van der Waals surface area contributed by atoms with Crippen LogP contribution in [0.25, 0.3) is 0 Å². The van der Waals surface area contributed by atoms with E-state index < -0.39 is 27.4 Å². The Hall–Kier alpha value is -3.32. The largest absolute Gasteiger partial charge is 0.271 e. The molecule has 1 amide bonds. The van der Waals surface area contributed by atoms with Crippen LogP contribution in [-0.2, 0) is 14.8 Å². The number of carbonyl (C=O) groups is 1. The molecule has 0 atom stereocenters. The molecule has 0 heterocycles. The summed E-state index contributed by atoms with van der Waals surface area (Å²) in [5, 5.41) is 14.6. The molecule has 0 fully saturated rings. The lowest BCUT2D eigenvalue weighted by Crippen LogP contribution is -2.39. The monoisotopic (exact) mass is 564 g/mol. The molecule has 32 heavy (non-hydrogen) atoms. The number of anilines is 1. The summed E-state index contributed by atoms with van der Waals surface area (Å²) in [6.07, 6.45) is 1.24. The van der Waals surface area contributed by atoms with Crippen molar-refractivity contribution >= 4 is 56.1 Å². The number of rotatable bonds is 8. The minimum Gasteiger partial charge on any atom is -0.271 e. The molecule has 0 bridgehead atoms. The van der Waals surface area contributed by atoms with Gasteiger partial charge in [-0.05, 0) is 59.0 Å². The Morgan fingerprint density at radius 2 is 1.75 bits per heavy atom. The molecule has 3 rings (SSSR count). The maximum atomic E-state index is 13.2. The first-order chi connectivity index (χ1) is 15.3. The summed E-state index contributed by atoms with van der Waals surface area (Å²) in [5.41, 5.74) is 2.89. The normalized spacial score (nSPS) is 11.3. The van der Waals surface area contributed by atoms with Crippen LogP contribution in [0.2, 0.25) is 0 Å². The second-order valence-electron chi connectivity index (χ2n) is 6.45. The van der Waals surface area contributed by atoms with Gasteiger partial charge in [0.1, 0.15) is 6.54 Å². The van der Waals surface area contributed by atoms with Crippen molar-refractivity contribution in [3.05, 3.63) is 98.1 Å². The fraction of sp³-hybridized carbons (Fsp3) is 0.0476. The zero-order valence-corrected chi connectivity index (χ0v) is 19.4. The van der Waals surface area contributed by atoms with Crippen LogP contribution in [0, 0.1) is 13.7 Å². The van der Waals surface area contributed by atoms with Gasteiger partial charge in [0.15, 0.2) is 0 Å². The third-order valence-electron chi connectivity index (χ3n) is 4.22. The van der Waals surface area contributed by atoms with Crippen LogP contribution in [0.1, 0.15) is 5.56 Å². The molecule has 0 aliphatic rings. The standard InChI is InChI=1S/C21H17IN4O5S/c22-17-9-11-18(12-10-17)25(32(30,31)20-7-2-1-3-8-20)15-21(27)24-23-14-16-5-4-6-19(13-16)26(28)29/h1-14H,15H2,(H,24,27)/b23-14-. The zero-order chi connectivity index (χ0) is 23.1. The zero-order valence-electron chi connectivity index (χ0n) is 16.5. The fourth-order valence-electron chi connectivity index (χ4n) is 2.71. The smallest absolute Gasteiger partial charge is 0.270 e. The van der Waals surface area contributed by atoms with Gasteiger partial charge in [-0.25, -0.2) is 13.8 Å². The van der Waals surface area contributed by atoms with Crippen LogP contribution in [-0.4, -0.2) is 32.0 Å². The van der Waals surface area contributed by atoms with E-state index in [0.717, 1.165) is 7.88 Å². The SMILES string of the molecule is O=C(CN(c1ccc(I)cc1)S(=O)(=O)c1ccccc1)N/N=C\c1cccc([N+](=O)[O-])c1. The van der Waals surface area contributed by atoms with Crippen LogP contribution in [0.15, 0.2) is 88.9 Å². The molecular weight excluding hydrogens is 547 g/mol. The summed E-state index contributed by atoms with van der Waals surface area (Å²) in [6.45, 7) is -0.510. The first-order valence-corrected chi connectivity index (χ1v) is 11.7. The van der Waals surface area contributed by atoms with Gasteiger partial charge in [0.05, 0.1) is 21.7 Å². The van der Waals surface area contributed by atoms with Crippen LogP contribution in [0.5, 0.6) is 0 Å². The van der Waals surface area contributed by atoms with E-state index in [1.165, 1.54) is 36.5 Å². The lowest BCUT2D eigenvalue weighted by molar-refractivity contribution is -0.384. The van der Waals surface area contributed by atoms with Crippen molar-refractivity contribution in [3.63, 3.8) is 0 Å². The highest BCUT2D eigenvalue weighted by Crippen LogP contribution is 2.24. The van der Waals surface area contributed by atoms with Gasteiger partial charge in [-0.2, -0.15) is 5.10 Å². The lowest BCUT2D eigenvalue weighted by atomic mass is 10.2. The summed E-state index contributed by atoms with van der Waals surface area (Å²) in [6, 6.07) is 20.2. The minimum atomic E-state index is -4.01. The number of hydrazone groups is 1. The van der Waals surface area contributed by atoms with Gasteiger partial charge in [-0.15, -0.1) is 0 Å². The number of hydrogen-bond acceptors (Lipinski definition) is 6. The number of sulfonamides is 1. The molecule has 9 nitrogen and oxygen atoms in total. The minimum absolute atomic E-state index is 0.0476. The van der Waals surface area contributed by atoms with Gasteiger partial charge >= 0.3 is 0 Å². The Balaban J connectivity index is 1.80. The van der Waals surface area contributed by atoms with Crippen molar-refractivity contribution < 1.29 is 18.1 Å². The van der Waals surface area contributed by atoms with Crippen molar-refractivity contribution in [2.75, 3.05) is 10.8 Å². The molecule has 0 aliphatic carbocycles. The Labute approximate surface area is 198 Å². The molecule has 0 spiro atoms. The van der Waals surface area contributed by atoms with E-state index in [1.54, 1.807) is 48.5 Å². The van der Waals surface area contributed by atoms with Crippen LogP contribution in [0.3, 0.4) is 0 Å². The number of nitro groups is 1. The van der Waals surface area contributed by atoms with Crippen molar-refractivity contribution in [3.8, 4) is 0 Å². The molecule has 3 aromatic carbocycles. The second-order valence-corrected chi connectivity index (χ2v) is 9.55. The molecule has 1 N–H and O–H groups in total. The molecule has 0 saturated carbocycles. The van der Waals surface area contributed by atoms with Gasteiger partial charge in [-0.1, -0.05) is 30.3 Å².